The lowest BCUT2D eigenvalue weighted by molar-refractivity contribution is -0.402. The summed E-state index contributed by atoms with van der Waals surface area (Å²) < 4.78 is 5.01. The molecule has 1 unspecified atom stereocenters. The quantitative estimate of drug-likeness (QED) is 0.641. The molecule has 0 spiro atoms. The molecule has 0 N–H and O–H groups in total. The Balaban J connectivity index is 1.84. The molecular formula is C15H14N2O4. The van der Waals surface area contributed by atoms with Crippen molar-refractivity contribution in [2.75, 3.05) is 6.54 Å². The molecule has 108 valence electrons. The molecule has 2 aromatic rings. The highest BCUT2D eigenvalue weighted by atomic mass is 16.6. The second-order valence-corrected chi connectivity index (χ2v) is 4.96. The molecule has 1 aliphatic rings. The molecule has 1 aromatic carbocycles. The lowest BCUT2D eigenvalue weighted by Crippen LogP contribution is -2.30. The molecule has 1 amide bonds. The Morgan fingerprint density at radius 1 is 1.24 bits per heavy atom. The van der Waals surface area contributed by atoms with Crippen molar-refractivity contribution >= 4 is 11.8 Å². The molecule has 1 aliphatic heterocycles. The average Bonchev–Trinajstić information content (AvgIpc) is 3.17. The van der Waals surface area contributed by atoms with E-state index in [1.165, 1.54) is 12.1 Å². The molecular weight excluding hydrogens is 272 g/mol. The highest BCUT2D eigenvalue weighted by molar-refractivity contribution is 5.92. The highest BCUT2D eigenvalue weighted by Gasteiger charge is 2.32. The molecule has 1 atom stereocenters. The van der Waals surface area contributed by atoms with Crippen LogP contribution < -0.4 is 0 Å². The number of rotatable bonds is 3. The van der Waals surface area contributed by atoms with Crippen LogP contribution in [0.25, 0.3) is 0 Å². The monoisotopic (exact) mass is 286 g/mol. The second-order valence-electron chi connectivity index (χ2n) is 4.96. The molecule has 0 saturated carbocycles. The van der Waals surface area contributed by atoms with Gasteiger partial charge in [0.05, 0.1) is 12.1 Å². The first kappa shape index (κ1) is 13.4. The highest BCUT2D eigenvalue weighted by Crippen LogP contribution is 2.33. The minimum Gasteiger partial charge on any atom is -0.395 e. The number of hydrogen-bond donors (Lipinski definition) is 0. The molecule has 6 heteroatoms. The standard InChI is InChI=1S/C15H14N2O4/c18-15(13-8-9-14(21-13)17(19)20)16-10-4-7-12(16)11-5-2-1-3-6-11/h1-3,5-6,8-9,12H,4,7,10H2. The first-order valence-corrected chi connectivity index (χ1v) is 6.77. The molecule has 0 radical (unpaired) electrons. The topological polar surface area (TPSA) is 76.6 Å². The molecule has 1 fully saturated rings. The normalized spacial score (nSPS) is 17.9. The van der Waals surface area contributed by atoms with E-state index in [0.717, 1.165) is 18.4 Å². The molecule has 1 aromatic heterocycles. The molecule has 21 heavy (non-hydrogen) atoms. The molecule has 1 saturated heterocycles. The fourth-order valence-electron chi connectivity index (χ4n) is 2.71. The number of amides is 1. The largest absolute Gasteiger partial charge is 0.433 e. The van der Waals surface area contributed by atoms with Gasteiger partial charge in [0.15, 0.2) is 5.76 Å². The van der Waals surface area contributed by atoms with E-state index in [1.54, 1.807) is 4.90 Å². The van der Waals surface area contributed by atoms with Crippen molar-refractivity contribution < 1.29 is 14.1 Å². The van der Waals surface area contributed by atoms with E-state index in [-0.39, 0.29) is 17.7 Å². The fourth-order valence-corrected chi connectivity index (χ4v) is 2.71. The fraction of sp³-hybridized carbons (Fsp3) is 0.267. The number of likely N-dealkylation sites (tertiary alicyclic amines) is 1. The Hall–Kier alpha value is -2.63. The Morgan fingerprint density at radius 3 is 2.67 bits per heavy atom. The van der Waals surface area contributed by atoms with Crippen LogP contribution in [0.1, 0.15) is 35.0 Å². The maximum Gasteiger partial charge on any atom is 0.433 e. The summed E-state index contributed by atoms with van der Waals surface area (Å²) in [6.07, 6.45) is 1.80. The average molecular weight is 286 g/mol. The molecule has 0 aliphatic carbocycles. The van der Waals surface area contributed by atoms with Crippen LogP contribution in [0.3, 0.4) is 0 Å². The van der Waals surface area contributed by atoms with Crippen LogP contribution in [-0.2, 0) is 0 Å². The van der Waals surface area contributed by atoms with Crippen LogP contribution in [-0.4, -0.2) is 22.3 Å². The second kappa shape index (κ2) is 5.40. The number of carbonyl (C=O) groups is 1. The zero-order valence-electron chi connectivity index (χ0n) is 11.3. The van der Waals surface area contributed by atoms with Crippen LogP contribution >= 0.6 is 0 Å². The molecule has 2 heterocycles. The van der Waals surface area contributed by atoms with Gasteiger partial charge in [0.2, 0.25) is 0 Å². The van der Waals surface area contributed by atoms with E-state index < -0.39 is 10.8 Å². The van der Waals surface area contributed by atoms with E-state index >= 15 is 0 Å². The predicted octanol–water partition coefficient (Wildman–Crippen LogP) is 3.17. The van der Waals surface area contributed by atoms with Gasteiger partial charge in [-0.05, 0) is 24.5 Å². The van der Waals surface area contributed by atoms with Gasteiger partial charge in [-0.2, -0.15) is 0 Å². The van der Waals surface area contributed by atoms with Gasteiger partial charge in [-0.3, -0.25) is 14.9 Å². The maximum atomic E-state index is 12.5. The number of nitro groups is 1. The summed E-state index contributed by atoms with van der Waals surface area (Å²) in [5.41, 5.74) is 1.07. The first-order valence-electron chi connectivity index (χ1n) is 6.77. The summed E-state index contributed by atoms with van der Waals surface area (Å²) in [7, 11) is 0. The Morgan fingerprint density at radius 2 is 2.00 bits per heavy atom. The van der Waals surface area contributed by atoms with Gasteiger partial charge in [-0.15, -0.1) is 0 Å². The summed E-state index contributed by atoms with van der Waals surface area (Å²) in [6, 6.07) is 12.4. The van der Waals surface area contributed by atoms with Crippen molar-refractivity contribution in [1.29, 1.82) is 0 Å². The smallest absolute Gasteiger partial charge is 0.395 e. The Bertz CT molecular complexity index is 665. The zero-order valence-corrected chi connectivity index (χ0v) is 11.3. The van der Waals surface area contributed by atoms with Crippen molar-refractivity contribution in [1.82, 2.24) is 4.90 Å². The number of furan rings is 1. The van der Waals surface area contributed by atoms with Crippen LogP contribution in [0.4, 0.5) is 5.88 Å². The third-order valence-corrected chi connectivity index (χ3v) is 3.68. The minimum absolute atomic E-state index is 0.00264. The lowest BCUT2D eigenvalue weighted by atomic mass is 10.0. The van der Waals surface area contributed by atoms with E-state index in [1.807, 2.05) is 30.3 Å². The van der Waals surface area contributed by atoms with Gasteiger partial charge in [-0.1, -0.05) is 30.3 Å². The van der Waals surface area contributed by atoms with E-state index in [0.29, 0.717) is 6.54 Å². The van der Waals surface area contributed by atoms with Crippen molar-refractivity contribution in [2.45, 2.75) is 18.9 Å². The van der Waals surface area contributed by atoms with Crippen LogP contribution in [0, 0.1) is 10.1 Å². The van der Waals surface area contributed by atoms with Crippen LogP contribution in [0.2, 0.25) is 0 Å². The summed E-state index contributed by atoms with van der Waals surface area (Å²) in [4.78, 5) is 24.2. The third kappa shape index (κ3) is 2.52. The van der Waals surface area contributed by atoms with Gasteiger partial charge in [-0.25, -0.2) is 0 Å². The van der Waals surface area contributed by atoms with Gasteiger partial charge >= 0.3 is 5.88 Å². The number of hydrogen-bond acceptors (Lipinski definition) is 4. The van der Waals surface area contributed by atoms with Gasteiger partial charge in [0, 0.05) is 6.54 Å². The lowest BCUT2D eigenvalue weighted by Gasteiger charge is -2.24. The van der Waals surface area contributed by atoms with Crippen molar-refractivity contribution in [2.24, 2.45) is 0 Å². The van der Waals surface area contributed by atoms with Gasteiger partial charge in [0.1, 0.15) is 4.92 Å². The third-order valence-electron chi connectivity index (χ3n) is 3.68. The summed E-state index contributed by atoms with van der Waals surface area (Å²) >= 11 is 0. The Labute approximate surface area is 121 Å². The summed E-state index contributed by atoms with van der Waals surface area (Å²) in [5.74, 6) is -0.687. The van der Waals surface area contributed by atoms with Crippen molar-refractivity contribution in [3.05, 3.63) is 63.9 Å². The summed E-state index contributed by atoms with van der Waals surface area (Å²) in [6.45, 7) is 0.632. The molecule has 0 bridgehead atoms. The van der Waals surface area contributed by atoms with E-state index in [9.17, 15) is 14.9 Å². The number of nitrogens with zero attached hydrogens (tertiary/aromatic N) is 2. The first-order chi connectivity index (χ1) is 10.2. The van der Waals surface area contributed by atoms with Crippen molar-refractivity contribution in [3.8, 4) is 0 Å². The van der Waals surface area contributed by atoms with Crippen LogP contribution in [0.5, 0.6) is 0 Å². The van der Waals surface area contributed by atoms with Crippen LogP contribution in [0.15, 0.2) is 46.9 Å². The zero-order chi connectivity index (χ0) is 14.8. The van der Waals surface area contributed by atoms with Gasteiger partial charge in [0.25, 0.3) is 5.91 Å². The molecule has 6 nitrogen and oxygen atoms in total. The SMILES string of the molecule is O=C(c1ccc([N+](=O)[O-])o1)N1CCCC1c1ccccc1. The summed E-state index contributed by atoms with van der Waals surface area (Å²) in [5, 5.41) is 10.6. The number of benzene rings is 1. The number of carbonyl (C=O) groups excluding carboxylic acids is 1. The van der Waals surface area contributed by atoms with E-state index in [2.05, 4.69) is 0 Å². The molecule has 3 rings (SSSR count). The Kier molecular flexibility index (Phi) is 3.43. The minimum atomic E-state index is -0.643. The predicted molar refractivity (Wildman–Crippen MR) is 74.8 cm³/mol. The van der Waals surface area contributed by atoms with Gasteiger partial charge < -0.3 is 9.32 Å². The van der Waals surface area contributed by atoms with Crippen molar-refractivity contribution in [3.63, 3.8) is 0 Å². The maximum absolute atomic E-state index is 12.5. The van der Waals surface area contributed by atoms with E-state index in [4.69, 9.17) is 4.42 Å².